The maximum atomic E-state index is 12.8. The number of pyridine rings is 1. The Morgan fingerprint density at radius 3 is 2.95 bits per heavy atom. The summed E-state index contributed by atoms with van der Waals surface area (Å²) in [6.07, 6.45) is 5.37. The van der Waals surface area contributed by atoms with Crippen LogP contribution in [0.4, 0.5) is 5.82 Å². The molecule has 0 amide bonds. The number of aryl methyl sites for hydroxylation is 1. The molecule has 1 aromatic heterocycles. The number of rotatable bonds is 3. The largest absolute Gasteiger partial charge is 0.383 e. The van der Waals surface area contributed by atoms with Crippen LogP contribution < -0.4 is 5.73 Å². The molecule has 0 saturated heterocycles. The zero-order valence-electron chi connectivity index (χ0n) is 11.9. The van der Waals surface area contributed by atoms with Gasteiger partial charge >= 0.3 is 0 Å². The summed E-state index contributed by atoms with van der Waals surface area (Å²) in [5, 5.41) is 0. The molecule has 2 rings (SSSR count). The second kappa shape index (κ2) is 5.29. The van der Waals surface area contributed by atoms with Crippen LogP contribution in [0.25, 0.3) is 0 Å². The van der Waals surface area contributed by atoms with Crippen LogP contribution >= 0.6 is 0 Å². The average Bonchev–Trinajstić information content (AvgIpc) is 2.40. The fraction of sp³-hybridized carbons (Fsp3) is 0.600. The summed E-state index contributed by atoms with van der Waals surface area (Å²) in [6, 6.07) is 1.81. The zero-order valence-corrected chi connectivity index (χ0v) is 11.9. The van der Waals surface area contributed by atoms with Crippen LogP contribution in [-0.4, -0.2) is 23.5 Å². The Bertz CT molecular complexity index is 487. The van der Waals surface area contributed by atoms with Gasteiger partial charge in [-0.1, -0.05) is 13.3 Å². The summed E-state index contributed by atoms with van der Waals surface area (Å²) in [5.74, 6) is 0.775. The molecule has 1 fully saturated rings. The van der Waals surface area contributed by atoms with Crippen molar-refractivity contribution in [3.63, 3.8) is 0 Å². The summed E-state index contributed by atoms with van der Waals surface area (Å²) in [7, 11) is 1.62. The van der Waals surface area contributed by atoms with Gasteiger partial charge in [-0.2, -0.15) is 0 Å². The number of ketones is 1. The van der Waals surface area contributed by atoms with Crippen molar-refractivity contribution < 1.29 is 9.53 Å². The number of nitrogen functional groups attached to an aromatic ring is 1. The average molecular weight is 262 g/mol. The number of nitrogens with zero attached hydrogens (tertiary/aromatic N) is 1. The highest BCUT2D eigenvalue weighted by atomic mass is 16.5. The standard InChI is InChI=1S/C15H22N2O2/c1-10-5-4-6-15(8-10,19-3)13(18)12-7-11(2)9-17-14(12)16/h7,9-10H,4-6,8H2,1-3H3,(H2,16,17). The highest BCUT2D eigenvalue weighted by Crippen LogP contribution is 2.37. The van der Waals surface area contributed by atoms with Crippen molar-refractivity contribution >= 4 is 11.6 Å². The van der Waals surface area contributed by atoms with E-state index < -0.39 is 5.60 Å². The third kappa shape index (κ3) is 2.63. The van der Waals surface area contributed by atoms with Crippen molar-refractivity contribution in [3.8, 4) is 0 Å². The van der Waals surface area contributed by atoms with Gasteiger partial charge in [-0.25, -0.2) is 4.98 Å². The van der Waals surface area contributed by atoms with E-state index in [1.807, 2.05) is 13.0 Å². The van der Waals surface area contributed by atoms with Gasteiger partial charge in [-0.05, 0) is 43.7 Å². The van der Waals surface area contributed by atoms with E-state index in [0.717, 1.165) is 31.2 Å². The van der Waals surface area contributed by atoms with Crippen LogP contribution in [0, 0.1) is 12.8 Å². The Morgan fingerprint density at radius 1 is 1.58 bits per heavy atom. The lowest BCUT2D eigenvalue weighted by atomic mass is 9.75. The summed E-state index contributed by atoms with van der Waals surface area (Å²) in [6.45, 7) is 4.07. The van der Waals surface area contributed by atoms with Gasteiger partial charge in [0.1, 0.15) is 11.4 Å². The van der Waals surface area contributed by atoms with E-state index in [-0.39, 0.29) is 5.78 Å². The van der Waals surface area contributed by atoms with Crippen molar-refractivity contribution in [1.82, 2.24) is 4.98 Å². The van der Waals surface area contributed by atoms with E-state index in [1.165, 1.54) is 0 Å². The fourth-order valence-electron chi connectivity index (χ4n) is 2.99. The Labute approximate surface area is 114 Å². The quantitative estimate of drug-likeness (QED) is 0.851. The fourth-order valence-corrected chi connectivity index (χ4v) is 2.99. The molecule has 4 nitrogen and oxygen atoms in total. The van der Waals surface area contributed by atoms with Gasteiger partial charge in [0.2, 0.25) is 0 Å². The number of carbonyl (C=O) groups excluding carboxylic acids is 1. The normalized spacial score (nSPS) is 27.2. The van der Waals surface area contributed by atoms with Crippen molar-refractivity contribution in [1.29, 1.82) is 0 Å². The van der Waals surface area contributed by atoms with Crippen molar-refractivity contribution in [2.75, 3.05) is 12.8 Å². The van der Waals surface area contributed by atoms with Gasteiger partial charge in [0.25, 0.3) is 0 Å². The van der Waals surface area contributed by atoms with E-state index >= 15 is 0 Å². The van der Waals surface area contributed by atoms with E-state index in [1.54, 1.807) is 13.3 Å². The summed E-state index contributed by atoms with van der Waals surface area (Å²) < 4.78 is 5.63. The van der Waals surface area contributed by atoms with Crippen molar-refractivity contribution in [2.24, 2.45) is 5.92 Å². The maximum Gasteiger partial charge on any atom is 0.198 e. The van der Waals surface area contributed by atoms with Crippen LogP contribution in [0.15, 0.2) is 12.3 Å². The minimum atomic E-state index is -0.721. The van der Waals surface area contributed by atoms with Crippen LogP contribution in [0.1, 0.15) is 48.5 Å². The number of ether oxygens (including phenoxy) is 1. The van der Waals surface area contributed by atoms with Gasteiger partial charge < -0.3 is 10.5 Å². The SMILES string of the molecule is COC1(C(=O)c2cc(C)cnc2N)CCCC(C)C1. The first-order valence-electron chi connectivity index (χ1n) is 6.80. The molecule has 1 aromatic rings. The molecular weight excluding hydrogens is 240 g/mol. The van der Waals surface area contributed by atoms with Crippen LogP contribution in [0.5, 0.6) is 0 Å². The van der Waals surface area contributed by atoms with Crippen molar-refractivity contribution in [2.45, 2.75) is 45.1 Å². The van der Waals surface area contributed by atoms with Crippen molar-refractivity contribution in [3.05, 3.63) is 23.4 Å². The predicted octanol–water partition coefficient (Wildman–Crippen LogP) is 2.75. The molecule has 0 bridgehead atoms. The molecule has 1 heterocycles. The molecule has 2 N–H and O–H groups in total. The molecular formula is C15H22N2O2. The van der Waals surface area contributed by atoms with Gasteiger partial charge in [-0.3, -0.25) is 4.79 Å². The molecule has 2 unspecified atom stereocenters. The Hall–Kier alpha value is -1.42. The lowest BCUT2D eigenvalue weighted by Crippen LogP contribution is -2.45. The topological polar surface area (TPSA) is 65.2 Å². The number of anilines is 1. The molecule has 4 heteroatoms. The number of nitrogens with two attached hydrogens (primary N) is 1. The number of methoxy groups -OCH3 is 1. The second-order valence-corrected chi connectivity index (χ2v) is 5.67. The summed E-state index contributed by atoms with van der Waals surface area (Å²) in [4.78, 5) is 16.9. The van der Waals surface area contributed by atoms with Gasteiger partial charge in [-0.15, -0.1) is 0 Å². The number of hydrogen-bond donors (Lipinski definition) is 1. The number of hydrogen-bond acceptors (Lipinski definition) is 4. The van der Waals surface area contributed by atoms with Gasteiger partial charge in [0.05, 0.1) is 5.56 Å². The lowest BCUT2D eigenvalue weighted by molar-refractivity contribution is -0.0302. The Morgan fingerprint density at radius 2 is 2.32 bits per heavy atom. The molecule has 104 valence electrons. The van der Waals surface area contributed by atoms with E-state index in [0.29, 0.717) is 17.3 Å². The number of aromatic nitrogens is 1. The molecule has 0 aromatic carbocycles. The van der Waals surface area contributed by atoms with E-state index in [2.05, 4.69) is 11.9 Å². The second-order valence-electron chi connectivity index (χ2n) is 5.67. The molecule has 0 spiro atoms. The van der Waals surface area contributed by atoms with Crippen LogP contribution in [0.2, 0.25) is 0 Å². The van der Waals surface area contributed by atoms with Gasteiger partial charge in [0.15, 0.2) is 5.78 Å². The first-order chi connectivity index (χ1) is 8.98. The lowest BCUT2D eigenvalue weighted by Gasteiger charge is -2.37. The van der Waals surface area contributed by atoms with E-state index in [4.69, 9.17) is 10.5 Å². The minimum Gasteiger partial charge on any atom is -0.383 e. The minimum absolute atomic E-state index is 0.0183. The Balaban J connectivity index is 2.37. The molecule has 2 atom stereocenters. The maximum absolute atomic E-state index is 12.8. The Kier molecular flexibility index (Phi) is 3.90. The van der Waals surface area contributed by atoms with E-state index in [9.17, 15) is 4.79 Å². The number of carbonyl (C=O) groups is 1. The first kappa shape index (κ1) is 14.0. The molecule has 0 radical (unpaired) electrons. The predicted molar refractivity (Wildman–Crippen MR) is 75.1 cm³/mol. The highest BCUT2D eigenvalue weighted by molar-refractivity contribution is 6.05. The molecule has 1 aliphatic rings. The van der Waals surface area contributed by atoms with Gasteiger partial charge in [0, 0.05) is 13.3 Å². The molecule has 0 aliphatic heterocycles. The highest BCUT2D eigenvalue weighted by Gasteiger charge is 2.43. The summed E-state index contributed by atoms with van der Waals surface area (Å²) >= 11 is 0. The number of Topliss-reactive ketones (excluding diaryl/α,β-unsaturated/α-hetero) is 1. The zero-order chi connectivity index (χ0) is 14.0. The summed E-state index contributed by atoms with van der Waals surface area (Å²) in [5.41, 5.74) is 6.57. The smallest absolute Gasteiger partial charge is 0.198 e. The first-order valence-corrected chi connectivity index (χ1v) is 6.80. The molecule has 1 aliphatic carbocycles. The molecule has 19 heavy (non-hydrogen) atoms. The van der Waals surface area contributed by atoms with Crippen LogP contribution in [0.3, 0.4) is 0 Å². The third-order valence-corrected chi connectivity index (χ3v) is 4.06. The molecule has 1 saturated carbocycles. The third-order valence-electron chi connectivity index (χ3n) is 4.06. The van der Waals surface area contributed by atoms with Crippen LogP contribution in [-0.2, 0) is 4.74 Å². The monoisotopic (exact) mass is 262 g/mol.